The Balaban J connectivity index is 0.000000490. The zero-order valence-corrected chi connectivity index (χ0v) is 7.09. The average Bonchev–Trinajstić information content (AvgIpc) is 1.55. The van der Waals surface area contributed by atoms with Crippen LogP contribution in [0.2, 0.25) is 0 Å². The Morgan fingerprint density at radius 1 is 1.50 bits per heavy atom. The second-order valence-electron chi connectivity index (χ2n) is 1.79. The summed E-state index contributed by atoms with van der Waals surface area (Å²) in [5, 5.41) is 0. The minimum Gasteiger partial charge on any atom is -0.465 e. The van der Waals surface area contributed by atoms with Crippen molar-refractivity contribution in [2.75, 3.05) is 0 Å². The molecule has 0 amide bonds. The minimum absolute atomic E-state index is 0. The molecule has 0 spiro atoms. The molecule has 0 N–H and O–H groups in total. The molecule has 0 aromatic heterocycles. The van der Waals surface area contributed by atoms with Crippen LogP contribution >= 0.6 is 0 Å². The fourth-order valence-electron chi connectivity index (χ4n) is 0.585. The summed E-state index contributed by atoms with van der Waals surface area (Å²) in [6.45, 7) is 0.532. The fraction of sp³-hybridized carbons (Fsp3) is 0.800. The van der Waals surface area contributed by atoms with Gasteiger partial charge in [-0.05, 0) is 19.3 Å². The molecule has 0 bridgehead atoms. The summed E-state index contributed by atoms with van der Waals surface area (Å²) >= 11 is 0. The van der Waals surface area contributed by atoms with E-state index >= 15 is 0 Å². The Bertz CT molecular complexity index is 70.8. The quantitative estimate of drug-likeness (QED) is 0.390. The second-order valence-corrected chi connectivity index (χ2v) is 1.79. The van der Waals surface area contributed by atoms with Crippen molar-refractivity contribution in [3.05, 3.63) is 0 Å². The van der Waals surface area contributed by atoms with Gasteiger partial charge in [0.2, 0.25) is 0 Å². The Morgan fingerprint density at radius 2 is 2.12 bits per heavy atom. The third-order valence-corrected chi connectivity index (χ3v) is 1.30. The zero-order chi connectivity index (χ0) is 5.11. The summed E-state index contributed by atoms with van der Waals surface area (Å²) in [5.74, 6) is 0. The van der Waals surface area contributed by atoms with E-state index in [1.54, 1.807) is 0 Å². The van der Waals surface area contributed by atoms with Crippen LogP contribution in [0.5, 0.6) is 0 Å². The van der Waals surface area contributed by atoms with Gasteiger partial charge in [-0.25, -0.2) is 0 Å². The molecule has 0 saturated heterocycles. The van der Waals surface area contributed by atoms with E-state index in [-0.39, 0.29) is 35.7 Å². The second kappa shape index (κ2) is 4.36. The number of hydrogen-bond donors (Lipinski definition) is 0. The molecule has 0 heterocycles. The van der Waals surface area contributed by atoms with Crippen molar-refractivity contribution in [2.45, 2.75) is 25.4 Å². The molecule has 0 atom stereocenters. The number of carbonyl (C=O) groups excluding carboxylic acids is 1. The van der Waals surface area contributed by atoms with E-state index in [1.165, 1.54) is 6.42 Å². The summed E-state index contributed by atoms with van der Waals surface area (Å²) in [6, 6.07) is 0. The van der Waals surface area contributed by atoms with Gasteiger partial charge in [-0.2, -0.15) is 0 Å². The van der Waals surface area contributed by atoms with Crippen molar-refractivity contribution in [2.24, 2.45) is 0 Å². The normalized spacial score (nSPS) is 18.0. The van der Waals surface area contributed by atoms with Gasteiger partial charge >= 0.3 is 0 Å². The smallest absolute Gasteiger partial charge is 0.293 e. The molecular formula is C5H8NaO2. The molecule has 41 valence electrons. The van der Waals surface area contributed by atoms with Crippen molar-refractivity contribution in [3.8, 4) is 0 Å². The van der Waals surface area contributed by atoms with E-state index in [9.17, 15) is 4.79 Å². The largest absolute Gasteiger partial charge is 0.465 e. The monoisotopic (exact) mass is 123 g/mol. The number of hydrogen-bond acceptors (Lipinski definition) is 2. The topological polar surface area (TPSA) is 26.3 Å². The molecule has 1 saturated carbocycles. The van der Waals surface area contributed by atoms with Gasteiger partial charge in [0.1, 0.15) is 6.10 Å². The third kappa shape index (κ3) is 2.16. The van der Waals surface area contributed by atoms with Crippen LogP contribution in [0.3, 0.4) is 0 Å². The van der Waals surface area contributed by atoms with Gasteiger partial charge in [0, 0.05) is 29.6 Å². The van der Waals surface area contributed by atoms with Crippen LogP contribution in [0.25, 0.3) is 0 Å². The zero-order valence-electron chi connectivity index (χ0n) is 5.09. The van der Waals surface area contributed by atoms with E-state index in [0.717, 1.165) is 12.8 Å². The van der Waals surface area contributed by atoms with Crippen LogP contribution in [0.1, 0.15) is 19.3 Å². The maximum atomic E-state index is 9.59. The fourth-order valence-corrected chi connectivity index (χ4v) is 0.585. The Morgan fingerprint density at radius 3 is 2.25 bits per heavy atom. The predicted octanol–water partition coefficient (Wildman–Crippen LogP) is 0.331. The summed E-state index contributed by atoms with van der Waals surface area (Å²) in [7, 11) is 0. The van der Waals surface area contributed by atoms with Crippen LogP contribution in [-0.4, -0.2) is 42.1 Å². The van der Waals surface area contributed by atoms with Gasteiger partial charge in [0.25, 0.3) is 6.47 Å². The maximum absolute atomic E-state index is 9.59. The van der Waals surface area contributed by atoms with Crippen LogP contribution in [0.4, 0.5) is 0 Å². The summed E-state index contributed by atoms with van der Waals surface area (Å²) in [5.41, 5.74) is 0. The van der Waals surface area contributed by atoms with E-state index in [2.05, 4.69) is 4.74 Å². The first-order chi connectivity index (χ1) is 3.43. The maximum Gasteiger partial charge on any atom is 0.293 e. The molecular weight excluding hydrogens is 115 g/mol. The van der Waals surface area contributed by atoms with Crippen LogP contribution < -0.4 is 0 Å². The van der Waals surface area contributed by atoms with E-state index < -0.39 is 0 Å². The molecule has 1 radical (unpaired) electrons. The molecule has 1 aliphatic rings. The summed E-state index contributed by atoms with van der Waals surface area (Å²) < 4.78 is 4.60. The molecule has 0 aliphatic heterocycles. The molecule has 0 aromatic rings. The predicted molar refractivity (Wildman–Crippen MR) is 30.5 cm³/mol. The van der Waals surface area contributed by atoms with Crippen LogP contribution in [0.15, 0.2) is 0 Å². The van der Waals surface area contributed by atoms with Gasteiger partial charge in [-0.1, -0.05) is 0 Å². The summed E-state index contributed by atoms with van der Waals surface area (Å²) in [4.78, 5) is 9.59. The Labute approximate surface area is 70.9 Å². The number of ether oxygens (including phenoxy) is 1. The standard InChI is InChI=1S/C5H8O2.Na/c6-4-7-5-2-1-3-5;/h4-5H,1-3H2;. The Kier molecular flexibility index (Phi) is 4.61. The number of carbonyl (C=O) groups is 1. The van der Waals surface area contributed by atoms with Crippen molar-refractivity contribution in [1.29, 1.82) is 0 Å². The first kappa shape index (κ1) is 8.47. The molecule has 2 nitrogen and oxygen atoms in total. The van der Waals surface area contributed by atoms with Crippen molar-refractivity contribution < 1.29 is 9.53 Å². The molecule has 8 heavy (non-hydrogen) atoms. The SMILES string of the molecule is O=COC1CCC1.[Na]. The van der Waals surface area contributed by atoms with Crippen molar-refractivity contribution in [1.82, 2.24) is 0 Å². The first-order valence-electron chi connectivity index (χ1n) is 2.52. The number of rotatable bonds is 2. The van der Waals surface area contributed by atoms with Crippen LogP contribution in [0, 0.1) is 0 Å². The van der Waals surface area contributed by atoms with Gasteiger partial charge in [0.05, 0.1) is 0 Å². The van der Waals surface area contributed by atoms with Gasteiger partial charge in [-0.15, -0.1) is 0 Å². The van der Waals surface area contributed by atoms with Crippen LogP contribution in [-0.2, 0) is 9.53 Å². The molecule has 1 aliphatic carbocycles. The molecule has 1 fully saturated rings. The third-order valence-electron chi connectivity index (χ3n) is 1.30. The first-order valence-corrected chi connectivity index (χ1v) is 2.52. The summed E-state index contributed by atoms with van der Waals surface area (Å²) in [6.07, 6.45) is 3.62. The van der Waals surface area contributed by atoms with E-state index in [0.29, 0.717) is 6.47 Å². The molecule has 0 unspecified atom stereocenters. The van der Waals surface area contributed by atoms with E-state index in [1.807, 2.05) is 0 Å². The molecule has 1 rings (SSSR count). The van der Waals surface area contributed by atoms with Crippen molar-refractivity contribution >= 4 is 36.0 Å². The van der Waals surface area contributed by atoms with Gasteiger partial charge in [0.15, 0.2) is 0 Å². The van der Waals surface area contributed by atoms with Gasteiger partial charge < -0.3 is 4.74 Å². The minimum atomic E-state index is 0. The van der Waals surface area contributed by atoms with Gasteiger partial charge in [-0.3, -0.25) is 4.79 Å². The van der Waals surface area contributed by atoms with E-state index in [4.69, 9.17) is 0 Å². The van der Waals surface area contributed by atoms with Crippen molar-refractivity contribution in [3.63, 3.8) is 0 Å². The molecule has 3 heteroatoms. The Hall–Kier alpha value is 0.470. The average molecular weight is 123 g/mol. The molecule has 0 aromatic carbocycles.